The Kier molecular flexibility index (Phi) is 5.88. The molecule has 0 saturated carbocycles. The molecule has 1 fully saturated rings. The average Bonchev–Trinajstić information content (AvgIpc) is 3.16. The highest BCUT2D eigenvalue weighted by molar-refractivity contribution is 5.92. The minimum Gasteiger partial charge on any atom is -0.459 e. The molecule has 25 heavy (non-hydrogen) atoms. The van der Waals surface area contributed by atoms with Gasteiger partial charge in [0, 0.05) is 13.1 Å². The Balaban J connectivity index is 1.93. The second-order valence-corrected chi connectivity index (χ2v) is 6.37. The lowest BCUT2D eigenvalue weighted by Crippen LogP contribution is -2.38. The van der Waals surface area contributed by atoms with E-state index in [-0.39, 0.29) is 24.3 Å². The number of nitrogens with zero attached hydrogens (tertiary/aromatic N) is 1. The second-order valence-electron chi connectivity index (χ2n) is 6.37. The molecular formula is C20H24N2O3. The van der Waals surface area contributed by atoms with E-state index in [1.807, 2.05) is 30.3 Å². The van der Waals surface area contributed by atoms with Gasteiger partial charge in [0.05, 0.1) is 18.7 Å². The molecule has 0 radical (unpaired) electrons. The van der Waals surface area contributed by atoms with Gasteiger partial charge in [0.2, 0.25) is 5.91 Å². The molecule has 3 rings (SSSR count). The molecule has 2 amide bonds. The van der Waals surface area contributed by atoms with Crippen molar-refractivity contribution in [1.29, 1.82) is 0 Å². The lowest BCUT2D eigenvalue weighted by molar-refractivity contribution is -0.122. The molecular weight excluding hydrogens is 316 g/mol. The number of benzene rings is 1. The number of carbonyl (C=O) groups excluding carboxylic acids is 2. The molecule has 1 aromatic heterocycles. The third-order valence-electron chi connectivity index (χ3n) is 4.58. The zero-order valence-electron chi connectivity index (χ0n) is 14.3. The van der Waals surface area contributed by atoms with E-state index >= 15 is 0 Å². The van der Waals surface area contributed by atoms with Crippen molar-refractivity contribution < 1.29 is 14.0 Å². The monoisotopic (exact) mass is 340 g/mol. The van der Waals surface area contributed by atoms with Gasteiger partial charge in [-0.25, -0.2) is 0 Å². The topological polar surface area (TPSA) is 62.6 Å². The lowest BCUT2D eigenvalue weighted by Gasteiger charge is -2.31. The Morgan fingerprint density at radius 2 is 1.84 bits per heavy atom. The predicted molar refractivity (Wildman–Crippen MR) is 95.0 cm³/mol. The van der Waals surface area contributed by atoms with Gasteiger partial charge >= 0.3 is 0 Å². The van der Waals surface area contributed by atoms with Crippen molar-refractivity contribution in [3.63, 3.8) is 0 Å². The SMILES string of the molecule is O=C1CC(c2ccccc2)N(C(=O)c2ccco2)CCCCCCN1. The zero-order chi connectivity index (χ0) is 17.5. The molecule has 1 atom stereocenters. The summed E-state index contributed by atoms with van der Waals surface area (Å²) in [4.78, 5) is 27.2. The van der Waals surface area contributed by atoms with Crippen LogP contribution in [-0.4, -0.2) is 29.8 Å². The minimum absolute atomic E-state index is 0.0204. The fourth-order valence-corrected chi connectivity index (χ4v) is 3.26. The fourth-order valence-electron chi connectivity index (χ4n) is 3.26. The summed E-state index contributed by atoms with van der Waals surface area (Å²) in [5.74, 6) is 0.134. The molecule has 2 heterocycles. The molecule has 0 spiro atoms. The highest BCUT2D eigenvalue weighted by atomic mass is 16.3. The molecule has 1 N–H and O–H groups in total. The quantitative estimate of drug-likeness (QED) is 0.909. The summed E-state index contributed by atoms with van der Waals surface area (Å²) >= 11 is 0. The highest BCUT2D eigenvalue weighted by Gasteiger charge is 2.29. The van der Waals surface area contributed by atoms with Crippen molar-refractivity contribution in [3.8, 4) is 0 Å². The molecule has 5 heteroatoms. The van der Waals surface area contributed by atoms with Gasteiger partial charge in [0.25, 0.3) is 5.91 Å². The maximum atomic E-state index is 13.0. The van der Waals surface area contributed by atoms with E-state index in [0.29, 0.717) is 18.8 Å². The smallest absolute Gasteiger partial charge is 0.290 e. The number of furan rings is 1. The summed E-state index contributed by atoms with van der Waals surface area (Å²) in [7, 11) is 0. The van der Waals surface area contributed by atoms with Crippen LogP contribution in [0.4, 0.5) is 0 Å². The first-order valence-corrected chi connectivity index (χ1v) is 8.92. The van der Waals surface area contributed by atoms with Crippen molar-refractivity contribution in [2.45, 2.75) is 38.1 Å². The normalized spacial score (nSPS) is 19.8. The van der Waals surface area contributed by atoms with Crippen molar-refractivity contribution >= 4 is 11.8 Å². The number of hydrogen-bond donors (Lipinski definition) is 1. The van der Waals surface area contributed by atoms with Gasteiger partial charge in [-0.15, -0.1) is 0 Å². The van der Waals surface area contributed by atoms with Gasteiger partial charge in [-0.05, 0) is 30.5 Å². The first-order chi connectivity index (χ1) is 12.3. The number of amides is 2. The van der Waals surface area contributed by atoms with Gasteiger partial charge in [-0.3, -0.25) is 9.59 Å². The van der Waals surface area contributed by atoms with E-state index in [9.17, 15) is 9.59 Å². The van der Waals surface area contributed by atoms with Crippen LogP contribution in [0.3, 0.4) is 0 Å². The van der Waals surface area contributed by atoms with Gasteiger partial charge in [-0.1, -0.05) is 43.2 Å². The standard InChI is InChI=1S/C20H24N2O3/c23-19-15-17(16-9-4-3-5-10-16)22(13-7-2-1-6-12-21-19)20(24)18-11-8-14-25-18/h3-5,8-11,14,17H,1-2,6-7,12-13,15H2,(H,21,23). The van der Waals surface area contributed by atoms with Crippen LogP contribution >= 0.6 is 0 Å². The molecule has 0 aliphatic carbocycles. The van der Waals surface area contributed by atoms with Crippen LogP contribution in [0.25, 0.3) is 0 Å². The summed E-state index contributed by atoms with van der Waals surface area (Å²) in [5, 5.41) is 2.97. The Morgan fingerprint density at radius 3 is 2.60 bits per heavy atom. The van der Waals surface area contributed by atoms with Crippen LogP contribution < -0.4 is 5.32 Å². The van der Waals surface area contributed by atoms with Crippen LogP contribution in [-0.2, 0) is 4.79 Å². The van der Waals surface area contributed by atoms with Crippen LogP contribution in [0.1, 0.15) is 54.3 Å². The molecule has 0 bridgehead atoms. The third-order valence-corrected chi connectivity index (χ3v) is 4.58. The summed E-state index contributed by atoms with van der Waals surface area (Å²) < 4.78 is 5.32. The van der Waals surface area contributed by atoms with E-state index < -0.39 is 0 Å². The first-order valence-electron chi connectivity index (χ1n) is 8.92. The zero-order valence-corrected chi connectivity index (χ0v) is 14.3. The first kappa shape index (κ1) is 17.3. The van der Waals surface area contributed by atoms with Crippen molar-refractivity contribution in [2.75, 3.05) is 13.1 Å². The Labute approximate surface area is 148 Å². The largest absolute Gasteiger partial charge is 0.459 e. The maximum absolute atomic E-state index is 13.0. The van der Waals surface area contributed by atoms with Gasteiger partial charge in [0.1, 0.15) is 0 Å². The molecule has 1 aliphatic heterocycles. The van der Waals surface area contributed by atoms with E-state index in [1.165, 1.54) is 6.26 Å². The third kappa shape index (κ3) is 4.50. The fraction of sp³-hybridized carbons (Fsp3) is 0.400. The molecule has 1 aliphatic rings. The lowest BCUT2D eigenvalue weighted by atomic mass is 10.0. The van der Waals surface area contributed by atoms with Crippen LogP contribution in [0.2, 0.25) is 0 Å². The molecule has 1 unspecified atom stereocenters. The van der Waals surface area contributed by atoms with Gasteiger partial charge in [0.15, 0.2) is 5.76 Å². The Bertz CT molecular complexity index is 682. The summed E-state index contributed by atoms with van der Waals surface area (Å²) in [6.45, 7) is 1.32. The van der Waals surface area contributed by atoms with Crippen molar-refractivity contribution in [3.05, 3.63) is 60.1 Å². The maximum Gasteiger partial charge on any atom is 0.290 e. The van der Waals surface area contributed by atoms with Crippen LogP contribution in [0, 0.1) is 0 Å². The van der Waals surface area contributed by atoms with Crippen molar-refractivity contribution in [1.82, 2.24) is 10.2 Å². The predicted octanol–water partition coefficient (Wildman–Crippen LogP) is 3.54. The summed E-state index contributed by atoms with van der Waals surface area (Å²) in [6, 6.07) is 12.9. The number of hydrogen-bond acceptors (Lipinski definition) is 3. The number of nitrogens with one attached hydrogen (secondary N) is 1. The van der Waals surface area contributed by atoms with Crippen LogP contribution in [0.15, 0.2) is 53.1 Å². The van der Waals surface area contributed by atoms with E-state index in [0.717, 1.165) is 31.2 Å². The average molecular weight is 340 g/mol. The second kappa shape index (κ2) is 8.51. The molecule has 1 aromatic carbocycles. The Morgan fingerprint density at radius 1 is 1.04 bits per heavy atom. The summed E-state index contributed by atoms with van der Waals surface area (Å²) in [6.07, 6.45) is 5.76. The molecule has 5 nitrogen and oxygen atoms in total. The van der Waals surface area contributed by atoms with Gasteiger partial charge in [-0.2, -0.15) is 0 Å². The van der Waals surface area contributed by atoms with E-state index in [1.54, 1.807) is 17.0 Å². The molecule has 1 saturated heterocycles. The van der Waals surface area contributed by atoms with Crippen LogP contribution in [0.5, 0.6) is 0 Å². The molecule has 2 aromatic rings. The highest BCUT2D eigenvalue weighted by Crippen LogP contribution is 2.27. The van der Waals surface area contributed by atoms with Crippen molar-refractivity contribution in [2.24, 2.45) is 0 Å². The Hall–Kier alpha value is -2.56. The van der Waals surface area contributed by atoms with E-state index in [4.69, 9.17) is 4.42 Å². The number of carbonyl (C=O) groups is 2. The van der Waals surface area contributed by atoms with E-state index in [2.05, 4.69) is 5.32 Å². The summed E-state index contributed by atoms with van der Waals surface area (Å²) in [5.41, 5.74) is 0.969. The number of rotatable bonds is 2. The minimum atomic E-state index is -0.295. The molecule has 132 valence electrons. The van der Waals surface area contributed by atoms with Gasteiger partial charge < -0.3 is 14.6 Å².